The molecule has 1 saturated carbocycles. The first-order valence-corrected chi connectivity index (χ1v) is 12.1. The zero-order valence-electron chi connectivity index (χ0n) is 20.6. The summed E-state index contributed by atoms with van der Waals surface area (Å²) in [6.45, 7) is 6.32. The maximum Gasteiger partial charge on any atom is 0.356 e. The molecule has 1 aliphatic heterocycles. The van der Waals surface area contributed by atoms with E-state index in [0.29, 0.717) is 25.3 Å². The Bertz CT molecular complexity index is 1510. The molecule has 3 aromatic rings. The summed E-state index contributed by atoms with van der Waals surface area (Å²) in [4.78, 5) is 35.4. The van der Waals surface area contributed by atoms with Crippen LogP contribution in [0.3, 0.4) is 0 Å². The summed E-state index contributed by atoms with van der Waals surface area (Å²) in [5.74, 6) is -4.21. The third kappa shape index (κ3) is 4.09. The Morgan fingerprint density at radius 1 is 1.30 bits per heavy atom. The van der Waals surface area contributed by atoms with Crippen molar-refractivity contribution >= 4 is 34.7 Å². The van der Waals surface area contributed by atoms with Crippen LogP contribution in [0, 0.1) is 12.3 Å². The molecule has 0 radical (unpaired) electrons. The van der Waals surface area contributed by atoms with Crippen molar-refractivity contribution in [2.24, 2.45) is 5.41 Å². The van der Waals surface area contributed by atoms with Gasteiger partial charge in [-0.25, -0.2) is 27.9 Å². The predicted octanol–water partition coefficient (Wildman–Crippen LogP) is 4.97. The van der Waals surface area contributed by atoms with Crippen molar-refractivity contribution in [1.29, 1.82) is 0 Å². The second-order valence-corrected chi connectivity index (χ2v) is 10.7. The monoisotopic (exact) mass is 535 g/mol. The maximum atomic E-state index is 14.4. The van der Waals surface area contributed by atoms with E-state index in [1.54, 1.807) is 20.8 Å². The molecule has 196 valence electrons. The fourth-order valence-corrected chi connectivity index (χ4v) is 5.25. The lowest BCUT2D eigenvalue weighted by atomic mass is 9.92. The molecular formula is C25H25ClF3N5O3. The lowest BCUT2D eigenvalue weighted by Crippen LogP contribution is -2.52. The highest BCUT2D eigenvalue weighted by Gasteiger charge is 2.71. The summed E-state index contributed by atoms with van der Waals surface area (Å²) in [5, 5.41) is 12.5. The number of anilines is 2. The Kier molecular flexibility index (Phi) is 5.53. The summed E-state index contributed by atoms with van der Waals surface area (Å²) in [7, 11) is 0. The summed E-state index contributed by atoms with van der Waals surface area (Å²) in [5.41, 5.74) is -2.17. The Balaban J connectivity index is 1.62. The van der Waals surface area contributed by atoms with E-state index in [1.807, 2.05) is 4.90 Å². The first-order valence-electron chi connectivity index (χ1n) is 11.7. The van der Waals surface area contributed by atoms with Gasteiger partial charge >= 0.3 is 5.97 Å². The molecular weight excluding hydrogens is 511 g/mol. The molecule has 2 atom stereocenters. The van der Waals surface area contributed by atoms with Gasteiger partial charge in [-0.3, -0.25) is 9.20 Å². The number of fused-ring (bicyclic) bond motifs is 1. The smallest absolute Gasteiger partial charge is 0.356 e. The van der Waals surface area contributed by atoms with Gasteiger partial charge in [0.1, 0.15) is 22.3 Å². The molecule has 5 rings (SSSR count). The number of pyridine rings is 2. The molecule has 0 bridgehead atoms. The topological polar surface area (TPSA) is 99.8 Å². The highest BCUT2D eigenvalue weighted by molar-refractivity contribution is 6.29. The first kappa shape index (κ1) is 25.3. The van der Waals surface area contributed by atoms with Crippen LogP contribution in [-0.4, -0.2) is 44.2 Å². The normalized spacial score (nSPS) is 21.1. The molecule has 1 saturated heterocycles. The molecule has 2 aliphatic rings. The quantitative estimate of drug-likeness (QED) is 0.430. The second-order valence-electron chi connectivity index (χ2n) is 10.3. The van der Waals surface area contributed by atoms with Gasteiger partial charge in [-0.05, 0) is 45.4 Å². The number of nitrogens with one attached hydrogen (secondary N) is 1. The fourth-order valence-electron chi connectivity index (χ4n) is 5.10. The standard InChI is InChI=1S/C25H25ClF3N5O3/c1-12-19(33-10-25(11-33)9-23(25,3)27)32-20-15(7-14(24(4,28)29)8-34(20)21(12)35)13(2)30-16-5-6-17(26)31-18(16)22(36)37/h5-8,13,30H,9-11H2,1-4H3,(H,36,37)/t13-,23?/m1/s1. The number of carboxylic acids is 1. The SMILES string of the molecule is Cc1c(N2CC3(C2)CC3(C)F)nc2c([C@@H](C)Nc3ccc(Cl)nc3C(=O)O)cc(C(C)(F)F)cn2c1=O. The zero-order chi connectivity index (χ0) is 27.1. The van der Waals surface area contributed by atoms with Gasteiger partial charge in [-0.2, -0.15) is 0 Å². The van der Waals surface area contributed by atoms with Gasteiger partial charge in [-0.1, -0.05) is 11.6 Å². The molecule has 3 aromatic heterocycles. The maximum absolute atomic E-state index is 14.4. The molecule has 4 heterocycles. The van der Waals surface area contributed by atoms with Crippen molar-refractivity contribution in [3.8, 4) is 0 Å². The van der Waals surface area contributed by atoms with Crippen molar-refractivity contribution in [2.45, 2.75) is 51.7 Å². The van der Waals surface area contributed by atoms with Crippen molar-refractivity contribution in [1.82, 2.24) is 14.4 Å². The Morgan fingerprint density at radius 2 is 1.95 bits per heavy atom. The van der Waals surface area contributed by atoms with Gasteiger partial charge in [0.25, 0.3) is 11.5 Å². The first-order chi connectivity index (χ1) is 17.1. The molecule has 1 unspecified atom stereocenters. The van der Waals surface area contributed by atoms with Crippen LogP contribution in [0.15, 0.2) is 29.2 Å². The highest BCUT2D eigenvalue weighted by atomic mass is 35.5. The third-order valence-electron chi connectivity index (χ3n) is 7.50. The number of carbonyl (C=O) groups is 1. The fraction of sp³-hybridized carbons (Fsp3) is 0.440. The number of aromatic carboxylic acids is 1. The minimum absolute atomic E-state index is 0.0191. The van der Waals surface area contributed by atoms with E-state index < -0.39 is 40.1 Å². The van der Waals surface area contributed by atoms with E-state index in [9.17, 15) is 27.9 Å². The minimum atomic E-state index is -3.26. The molecule has 0 aromatic carbocycles. The van der Waals surface area contributed by atoms with E-state index in [2.05, 4.69) is 15.3 Å². The molecule has 12 heteroatoms. The molecule has 0 amide bonds. The van der Waals surface area contributed by atoms with Crippen molar-refractivity contribution < 1.29 is 23.1 Å². The molecule has 1 aliphatic carbocycles. The lowest BCUT2D eigenvalue weighted by molar-refractivity contribution is 0.0169. The van der Waals surface area contributed by atoms with Crippen LogP contribution in [0.2, 0.25) is 5.15 Å². The van der Waals surface area contributed by atoms with Gasteiger partial charge in [0.2, 0.25) is 0 Å². The van der Waals surface area contributed by atoms with Crippen LogP contribution in [-0.2, 0) is 5.92 Å². The minimum Gasteiger partial charge on any atom is -0.476 e. The number of rotatable bonds is 6. The van der Waals surface area contributed by atoms with Crippen molar-refractivity contribution in [3.63, 3.8) is 0 Å². The van der Waals surface area contributed by atoms with Crippen LogP contribution in [0.1, 0.15) is 60.4 Å². The molecule has 37 heavy (non-hydrogen) atoms. The van der Waals surface area contributed by atoms with Crippen LogP contribution < -0.4 is 15.8 Å². The lowest BCUT2D eigenvalue weighted by Gasteiger charge is -2.42. The average Bonchev–Trinajstić information content (AvgIpc) is 3.37. The second kappa shape index (κ2) is 8.08. The largest absolute Gasteiger partial charge is 0.476 e. The van der Waals surface area contributed by atoms with E-state index >= 15 is 0 Å². The Hall–Kier alpha value is -3.34. The summed E-state index contributed by atoms with van der Waals surface area (Å²) < 4.78 is 44.4. The molecule has 2 N–H and O–H groups in total. The van der Waals surface area contributed by atoms with Gasteiger partial charge in [-0.15, -0.1) is 0 Å². The van der Waals surface area contributed by atoms with E-state index in [4.69, 9.17) is 11.6 Å². The molecule has 2 fully saturated rings. The van der Waals surface area contributed by atoms with Crippen LogP contribution in [0.25, 0.3) is 5.65 Å². The van der Waals surface area contributed by atoms with Gasteiger partial charge in [0, 0.05) is 42.8 Å². The van der Waals surface area contributed by atoms with Gasteiger partial charge in [0.05, 0.1) is 17.3 Å². The highest BCUT2D eigenvalue weighted by Crippen LogP contribution is 2.64. The number of nitrogens with zero attached hydrogens (tertiary/aromatic N) is 4. The summed E-state index contributed by atoms with van der Waals surface area (Å²) >= 11 is 5.84. The van der Waals surface area contributed by atoms with Gasteiger partial charge in [0.15, 0.2) is 5.69 Å². The Morgan fingerprint density at radius 3 is 2.51 bits per heavy atom. The summed E-state index contributed by atoms with van der Waals surface area (Å²) in [6, 6.07) is 3.31. The van der Waals surface area contributed by atoms with E-state index in [-0.39, 0.29) is 33.3 Å². The number of hydrogen-bond acceptors (Lipinski definition) is 6. The molecule has 1 spiro atoms. The zero-order valence-corrected chi connectivity index (χ0v) is 21.3. The molecule has 8 nitrogen and oxygen atoms in total. The van der Waals surface area contributed by atoms with Gasteiger partial charge < -0.3 is 15.3 Å². The Labute approximate surface area is 215 Å². The van der Waals surface area contributed by atoms with E-state index in [1.165, 1.54) is 18.2 Å². The number of carboxylic acid groups (broad SMARTS) is 1. The number of alkyl halides is 3. The number of halogens is 4. The summed E-state index contributed by atoms with van der Waals surface area (Å²) in [6.07, 6.45) is 1.52. The number of hydrogen-bond donors (Lipinski definition) is 2. The van der Waals surface area contributed by atoms with E-state index in [0.717, 1.165) is 17.5 Å². The van der Waals surface area contributed by atoms with Crippen molar-refractivity contribution in [2.75, 3.05) is 23.3 Å². The predicted molar refractivity (Wildman–Crippen MR) is 133 cm³/mol. The number of aromatic nitrogens is 3. The average molecular weight is 536 g/mol. The van der Waals surface area contributed by atoms with Crippen LogP contribution in [0.5, 0.6) is 0 Å². The van der Waals surface area contributed by atoms with Crippen LogP contribution in [0.4, 0.5) is 24.7 Å². The van der Waals surface area contributed by atoms with Crippen molar-refractivity contribution in [3.05, 3.63) is 62.3 Å². The third-order valence-corrected chi connectivity index (χ3v) is 7.71. The van der Waals surface area contributed by atoms with Crippen LogP contribution >= 0.6 is 11.6 Å².